The van der Waals surface area contributed by atoms with E-state index in [0.717, 1.165) is 33.2 Å². The maximum Gasteiger partial charge on any atom is 0.193 e. The van der Waals surface area contributed by atoms with Crippen molar-refractivity contribution in [1.29, 1.82) is 0 Å². The van der Waals surface area contributed by atoms with Crippen LogP contribution in [-0.4, -0.2) is 9.38 Å². The molecule has 3 aromatic rings. The Hall–Kier alpha value is -1.36. The Labute approximate surface area is 120 Å². The third-order valence-corrected chi connectivity index (χ3v) is 4.21. The quantitative estimate of drug-likeness (QED) is 0.801. The van der Waals surface area contributed by atoms with Crippen LogP contribution in [0.4, 0.5) is 0 Å². The van der Waals surface area contributed by atoms with Crippen molar-refractivity contribution < 1.29 is 0 Å². The van der Waals surface area contributed by atoms with Crippen LogP contribution in [0.2, 0.25) is 5.02 Å². The normalized spacial score (nSPS) is 13.0. The highest BCUT2D eigenvalue weighted by Crippen LogP contribution is 2.23. The smallest absolute Gasteiger partial charge is 0.193 e. The lowest BCUT2D eigenvalue weighted by Gasteiger charge is -2.13. The number of hydrogen-bond acceptors (Lipinski definition) is 3. The molecular weight excluding hydrogens is 278 g/mol. The molecule has 0 amide bonds. The highest BCUT2D eigenvalue weighted by molar-refractivity contribution is 7.15. The van der Waals surface area contributed by atoms with Gasteiger partial charge >= 0.3 is 0 Å². The summed E-state index contributed by atoms with van der Waals surface area (Å²) in [5.74, 6) is 0. The summed E-state index contributed by atoms with van der Waals surface area (Å²) < 4.78 is 2.03. The molecule has 0 bridgehead atoms. The summed E-state index contributed by atoms with van der Waals surface area (Å²) >= 11 is 7.60. The summed E-state index contributed by atoms with van der Waals surface area (Å²) in [5, 5.41) is 2.77. The predicted molar refractivity (Wildman–Crippen MR) is 79.9 cm³/mol. The van der Waals surface area contributed by atoms with Gasteiger partial charge in [0, 0.05) is 35.3 Å². The standard InChI is InChI=1S/C14H14ClN3S/c1-9-6-10(15)2-3-12(9)13(16)7-11-8-18-4-5-19-14(18)17-11/h2-6,8,13H,7,16H2,1H3. The number of hydrogen-bond donors (Lipinski definition) is 1. The van der Waals surface area contributed by atoms with Crippen LogP contribution >= 0.6 is 22.9 Å². The first-order valence-electron chi connectivity index (χ1n) is 6.06. The first-order chi connectivity index (χ1) is 9.13. The van der Waals surface area contributed by atoms with Gasteiger partial charge in [0.25, 0.3) is 0 Å². The Morgan fingerprint density at radius 3 is 3.05 bits per heavy atom. The molecule has 3 nitrogen and oxygen atoms in total. The van der Waals surface area contributed by atoms with Crippen molar-refractivity contribution in [3.8, 4) is 0 Å². The van der Waals surface area contributed by atoms with E-state index in [2.05, 4.69) is 4.98 Å². The van der Waals surface area contributed by atoms with Crippen LogP contribution < -0.4 is 5.73 Å². The third kappa shape index (κ3) is 2.52. The highest BCUT2D eigenvalue weighted by atomic mass is 35.5. The van der Waals surface area contributed by atoms with E-state index in [0.29, 0.717) is 0 Å². The van der Waals surface area contributed by atoms with Gasteiger partial charge in [-0.1, -0.05) is 17.7 Å². The molecule has 3 rings (SSSR count). The molecule has 1 atom stereocenters. The van der Waals surface area contributed by atoms with Crippen LogP contribution in [0.5, 0.6) is 0 Å². The zero-order chi connectivity index (χ0) is 13.4. The van der Waals surface area contributed by atoms with E-state index in [9.17, 15) is 0 Å². The molecule has 0 fully saturated rings. The number of rotatable bonds is 3. The van der Waals surface area contributed by atoms with Gasteiger partial charge in [0.2, 0.25) is 0 Å². The topological polar surface area (TPSA) is 43.3 Å². The fourth-order valence-corrected chi connectivity index (χ4v) is 3.21. The molecule has 5 heteroatoms. The van der Waals surface area contributed by atoms with Crippen molar-refractivity contribution in [1.82, 2.24) is 9.38 Å². The van der Waals surface area contributed by atoms with E-state index >= 15 is 0 Å². The summed E-state index contributed by atoms with van der Waals surface area (Å²) in [6.45, 7) is 2.03. The maximum atomic E-state index is 6.28. The van der Waals surface area contributed by atoms with E-state index < -0.39 is 0 Å². The molecule has 2 aromatic heterocycles. The number of nitrogens with zero attached hydrogens (tertiary/aromatic N) is 2. The summed E-state index contributed by atoms with van der Waals surface area (Å²) in [6.07, 6.45) is 4.78. The minimum Gasteiger partial charge on any atom is -0.324 e. The number of benzene rings is 1. The SMILES string of the molecule is Cc1cc(Cl)ccc1C(N)Cc1cn2ccsc2n1. The molecule has 1 unspecified atom stereocenters. The van der Waals surface area contributed by atoms with Gasteiger partial charge in [-0.05, 0) is 30.2 Å². The second-order valence-corrected chi connectivity index (χ2v) is 5.95. The van der Waals surface area contributed by atoms with E-state index in [1.807, 2.05) is 47.3 Å². The Balaban J connectivity index is 1.84. The molecular formula is C14H14ClN3S. The average Bonchev–Trinajstić information content (AvgIpc) is 2.89. The molecule has 0 saturated carbocycles. The van der Waals surface area contributed by atoms with Gasteiger partial charge in [-0.15, -0.1) is 11.3 Å². The number of imidazole rings is 1. The molecule has 0 radical (unpaired) electrons. The monoisotopic (exact) mass is 291 g/mol. The second-order valence-electron chi connectivity index (χ2n) is 4.64. The Kier molecular flexibility index (Phi) is 3.31. The lowest BCUT2D eigenvalue weighted by molar-refractivity contribution is 0.705. The van der Waals surface area contributed by atoms with Crippen LogP contribution in [0.1, 0.15) is 22.9 Å². The molecule has 1 aromatic carbocycles. The van der Waals surface area contributed by atoms with Crippen LogP contribution in [0.15, 0.2) is 36.0 Å². The Bertz CT molecular complexity index is 688. The van der Waals surface area contributed by atoms with Crippen LogP contribution in [0.3, 0.4) is 0 Å². The van der Waals surface area contributed by atoms with Gasteiger partial charge in [-0.2, -0.15) is 0 Å². The van der Waals surface area contributed by atoms with E-state index in [4.69, 9.17) is 17.3 Å². The molecule has 0 aliphatic rings. The fraction of sp³-hybridized carbons (Fsp3) is 0.214. The molecule has 98 valence electrons. The average molecular weight is 292 g/mol. The van der Waals surface area contributed by atoms with Crippen molar-refractivity contribution in [3.05, 3.63) is 57.8 Å². The van der Waals surface area contributed by atoms with E-state index in [1.165, 1.54) is 0 Å². The summed E-state index contributed by atoms with van der Waals surface area (Å²) in [6, 6.07) is 5.78. The summed E-state index contributed by atoms with van der Waals surface area (Å²) in [4.78, 5) is 5.57. The molecule has 0 saturated heterocycles. The van der Waals surface area contributed by atoms with Gasteiger partial charge in [0.1, 0.15) is 0 Å². The zero-order valence-corrected chi connectivity index (χ0v) is 12.1. The first kappa shape index (κ1) is 12.7. The molecule has 19 heavy (non-hydrogen) atoms. The fourth-order valence-electron chi connectivity index (χ4n) is 2.26. The van der Waals surface area contributed by atoms with Crippen LogP contribution in [-0.2, 0) is 6.42 Å². The minimum atomic E-state index is -0.0538. The number of thiazole rings is 1. The lowest BCUT2D eigenvalue weighted by Crippen LogP contribution is -2.14. The Morgan fingerprint density at radius 1 is 1.47 bits per heavy atom. The molecule has 2 heterocycles. The van der Waals surface area contributed by atoms with Crippen molar-refractivity contribution in [2.45, 2.75) is 19.4 Å². The molecule has 2 N–H and O–H groups in total. The Morgan fingerprint density at radius 2 is 2.32 bits per heavy atom. The second kappa shape index (κ2) is 4.96. The van der Waals surface area contributed by atoms with Crippen molar-refractivity contribution in [2.24, 2.45) is 5.73 Å². The summed E-state index contributed by atoms with van der Waals surface area (Å²) in [5.41, 5.74) is 9.55. The maximum absolute atomic E-state index is 6.28. The highest BCUT2D eigenvalue weighted by Gasteiger charge is 2.12. The minimum absolute atomic E-state index is 0.0538. The van der Waals surface area contributed by atoms with Crippen molar-refractivity contribution in [3.63, 3.8) is 0 Å². The molecule has 0 aliphatic carbocycles. The number of aromatic nitrogens is 2. The van der Waals surface area contributed by atoms with Crippen LogP contribution in [0.25, 0.3) is 4.96 Å². The number of halogens is 1. The predicted octanol–water partition coefficient (Wildman–Crippen LogP) is 3.60. The van der Waals surface area contributed by atoms with Gasteiger partial charge in [-0.25, -0.2) is 4.98 Å². The van der Waals surface area contributed by atoms with E-state index in [1.54, 1.807) is 11.3 Å². The van der Waals surface area contributed by atoms with Gasteiger partial charge in [0.05, 0.1) is 5.69 Å². The van der Waals surface area contributed by atoms with Gasteiger partial charge in [0.15, 0.2) is 4.96 Å². The number of fused-ring (bicyclic) bond motifs is 1. The largest absolute Gasteiger partial charge is 0.324 e. The summed E-state index contributed by atoms with van der Waals surface area (Å²) in [7, 11) is 0. The number of nitrogens with two attached hydrogens (primary N) is 1. The third-order valence-electron chi connectivity index (χ3n) is 3.20. The molecule has 0 aliphatic heterocycles. The van der Waals surface area contributed by atoms with Gasteiger partial charge < -0.3 is 5.73 Å². The van der Waals surface area contributed by atoms with Gasteiger partial charge in [-0.3, -0.25) is 4.40 Å². The van der Waals surface area contributed by atoms with Crippen LogP contribution in [0, 0.1) is 6.92 Å². The van der Waals surface area contributed by atoms with Crippen molar-refractivity contribution >= 4 is 27.9 Å². The number of aryl methyl sites for hydroxylation is 1. The zero-order valence-electron chi connectivity index (χ0n) is 10.5. The first-order valence-corrected chi connectivity index (χ1v) is 7.32. The molecule has 0 spiro atoms. The van der Waals surface area contributed by atoms with E-state index in [-0.39, 0.29) is 6.04 Å². The lowest BCUT2D eigenvalue weighted by atomic mass is 9.98. The van der Waals surface area contributed by atoms with Crippen molar-refractivity contribution in [2.75, 3.05) is 0 Å².